The van der Waals surface area contributed by atoms with E-state index in [1.807, 2.05) is 0 Å². The molecule has 0 aromatic rings. The number of aliphatic carboxylic acids is 1. The second-order valence-electron chi connectivity index (χ2n) is 2.95. The quantitative estimate of drug-likeness (QED) is 0.191. The fourth-order valence-corrected chi connectivity index (χ4v) is 0.910. The topological polar surface area (TPSA) is 140 Å². The van der Waals surface area contributed by atoms with Gasteiger partial charge in [-0.15, -0.1) is 0 Å². The summed E-state index contributed by atoms with van der Waals surface area (Å²) < 4.78 is 0. The minimum Gasteiger partial charge on any atom is -0.480 e. The summed E-state index contributed by atoms with van der Waals surface area (Å²) in [6, 6.07) is -1.04. The zero-order valence-electron chi connectivity index (χ0n) is 7.89. The van der Waals surface area contributed by atoms with Gasteiger partial charge >= 0.3 is 5.97 Å². The van der Waals surface area contributed by atoms with E-state index in [-0.39, 0.29) is 6.04 Å². The van der Waals surface area contributed by atoms with Gasteiger partial charge in [0.05, 0.1) is 0 Å². The van der Waals surface area contributed by atoms with Gasteiger partial charge in [-0.2, -0.15) is 5.10 Å². The molecule has 0 amide bonds. The van der Waals surface area contributed by atoms with Crippen molar-refractivity contribution in [2.75, 3.05) is 0 Å². The van der Waals surface area contributed by atoms with Gasteiger partial charge in [0, 0.05) is 12.3 Å². The number of carbonyl (C=O) groups is 1. The third-order valence-electron chi connectivity index (χ3n) is 1.71. The highest BCUT2D eigenvalue weighted by atomic mass is 16.4. The molecule has 7 heteroatoms. The van der Waals surface area contributed by atoms with Crippen molar-refractivity contribution in [1.82, 2.24) is 5.53 Å². The van der Waals surface area contributed by atoms with Crippen molar-refractivity contribution in [3.05, 3.63) is 0 Å². The molecule has 0 aliphatic rings. The first-order chi connectivity index (χ1) is 6.57. The second kappa shape index (κ2) is 7.25. The monoisotopic (exact) mass is 203 g/mol. The maximum atomic E-state index is 10.3. The van der Waals surface area contributed by atoms with Crippen LogP contribution in [0.5, 0.6) is 0 Å². The summed E-state index contributed by atoms with van der Waals surface area (Å²) in [5.74, 6) is 3.90. The SMILES string of the molecule is NNN=CC(N)CCC[C@H](N)C(=O)O. The van der Waals surface area contributed by atoms with Gasteiger partial charge in [-0.25, -0.2) is 11.4 Å². The van der Waals surface area contributed by atoms with Gasteiger partial charge in [0.2, 0.25) is 0 Å². The molecule has 0 radical (unpaired) electrons. The molecule has 0 spiro atoms. The van der Waals surface area contributed by atoms with Gasteiger partial charge in [-0.1, -0.05) is 0 Å². The Morgan fingerprint density at radius 1 is 1.50 bits per heavy atom. The number of nitrogens with two attached hydrogens (primary N) is 3. The lowest BCUT2D eigenvalue weighted by Crippen LogP contribution is -2.31. The molecule has 0 saturated heterocycles. The van der Waals surface area contributed by atoms with Crippen LogP contribution in [-0.2, 0) is 4.79 Å². The van der Waals surface area contributed by atoms with Crippen molar-refractivity contribution >= 4 is 12.2 Å². The maximum Gasteiger partial charge on any atom is 0.320 e. The number of rotatable bonds is 7. The fourth-order valence-electron chi connectivity index (χ4n) is 0.910. The number of hydrazine groups is 1. The molecule has 0 aliphatic carbocycles. The molecule has 82 valence electrons. The number of hydrogen-bond donors (Lipinski definition) is 5. The van der Waals surface area contributed by atoms with Crippen LogP contribution in [0.2, 0.25) is 0 Å². The van der Waals surface area contributed by atoms with Gasteiger partial charge in [0.15, 0.2) is 0 Å². The van der Waals surface area contributed by atoms with Crippen LogP contribution in [0.1, 0.15) is 19.3 Å². The average molecular weight is 203 g/mol. The zero-order valence-corrected chi connectivity index (χ0v) is 7.89. The summed E-state index contributed by atoms with van der Waals surface area (Å²) in [5.41, 5.74) is 13.0. The number of carboxylic acids is 1. The predicted octanol–water partition coefficient (Wildman–Crippen LogP) is -1.65. The molecule has 0 rings (SSSR count). The maximum absolute atomic E-state index is 10.3. The van der Waals surface area contributed by atoms with Crippen molar-refractivity contribution in [3.63, 3.8) is 0 Å². The van der Waals surface area contributed by atoms with Crippen molar-refractivity contribution in [3.8, 4) is 0 Å². The Kier molecular flexibility index (Phi) is 6.63. The lowest BCUT2D eigenvalue weighted by molar-refractivity contribution is -0.138. The first-order valence-electron chi connectivity index (χ1n) is 4.30. The number of hydrazone groups is 1. The Morgan fingerprint density at radius 3 is 2.64 bits per heavy atom. The molecule has 0 fully saturated rings. The van der Waals surface area contributed by atoms with Crippen LogP contribution in [-0.4, -0.2) is 29.4 Å². The molecule has 0 bridgehead atoms. The fraction of sp³-hybridized carbons (Fsp3) is 0.714. The lowest BCUT2D eigenvalue weighted by atomic mass is 10.1. The summed E-state index contributed by atoms with van der Waals surface area (Å²) in [7, 11) is 0. The van der Waals surface area contributed by atoms with E-state index < -0.39 is 12.0 Å². The van der Waals surface area contributed by atoms with E-state index in [2.05, 4.69) is 10.6 Å². The van der Waals surface area contributed by atoms with E-state index in [1.165, 1.54) is 6.21 Å². The van der Waals surface area contributed by atoms with Gasteiger partial charge in [-0.3, -0.25) is 4.79 Å². The van der Waals surface area contributed by atoms with Gasteiger partial charge in [0.25, 0.3) is 0 Å². The standard InChI is InChI=1S/C7H17N5O2/c8-5(4-11-12-10)2-1-3-6(9)7(13)14/h4-6,12H,1-3,8-10H2,(H,13,14)/t5?,6-/m0/s1. The lowest BCUT2D eigenvalue weighted by Gasteiger charge is -2.07. The second-order valence-corrected chi connectivity index (χ2v) is 2.95. The van der Waals surface area contributed by atoms with Crippen LogP contribution >= 0.6 is 0 Å². The third-order valence-corrected chi connectivity index (χ3v) is 1.71. The Labute approximate surface area is 82.3 Å². The van der Waals surface area contributed by atoms with Crippen molar-refractivity contribution in [2.45, 2.75) is 31.3 Å². The van der Waals surface area contributed by atoms with Gasteiger partial charge in [0.1, 0.15) is 6.04 Å². The first kappa shape index (κ1) is 12.8. The Hall–Kier alpha value is -1.18. The predicted molar refractivity (Wildman–Crippen MR) is 53.3 cm³/mol. The average Bonchev–Trinajstić information content (AvgIpc) is 2.14. The first-order valence-corrected chi connectivity index (χ1v) is 4.30. The van der Waals surface area contributed by atoms with E-state index in [9.17, 15) is 4.79 Å². The highest BCUT2D eigenvalue weighted by Gasteiger charge is 2.10. The van der Waals surface area contributed by atoms with Crippen LogP contribution in [0.25, 0.3) is 0 Å². The molecule has 2 atom stereocenters. The van der Waals surface area contributed by atoms with E-state index >= 15 is 0 Å². The highest BCUT2D eigenvalue weighted by molar-refractivity contribution is 5.72. The van der Waals surface area contributed by atoms with E-state index in [4.69, 9.17) is 22.4 Å². The van der Waals surface area contributed by atoms with Crippen LogP contribution in [0.4, 0.5) is 0 Å². The third kappa shape index (κ3) is 6.35. The largest absolute Gasteiger partial charge is 0.480 e. The Bertz CT molecular complexity index is 197. The van der Waals surface area contributed by atoms with Crippen molar-refractivity contribution in [2.24, 2.45) is 22.4 Å². The number of nitrogens with zero attached hydrogens (tertiary/aromatic N) is 1. The summed E-state index contributed by atoms with van der Waals surface area (Å²) in [6.45, 7) is 0. The molecule has 7 nitrogen and oxygen atoms in total. The van der Waals surface area contributed by atoms with Gasteiger partial charge < -0.3 is 16.6 Å². The minimum atomic E-state index is -0.990. The van der Waals surface area contributed by atoms with Crippen LogP contribution in [0.3, 0.4) is 0 Å². The van der Waals surface area contributed by atoms with E-state index in [0.29, 0.717) is 19.3 Å². The highest BCUT2D eigenvalue weighted by Crippen LogP contribution is 2.00. The summed E-state index contributed by atoms with van der Waals surface area (Å²) in [6.07, 6.45) is 3.15. The molecule has 0 aromatic heterocycles. The van der Waals surface area contributed by atoms with Crippen LogP contribution < -0.4 is 22.8 Å². The molecule has 8 N–H and O–H groups in total. The normalized spacial score (nSPS) is 15.4. The molecule has 14 heavy (non-hydrogen) atoms. The number of hydrogen-bond acceptors (Lipinski definition) is 6. The summed E-state index contributed by atoms with van der Waals surface area (Å²) >= 11 is 0. The van der Waals surface area contributed by atoms with Crippen molar-refractivity contribution < 1.29 is 9.90 Å². The molecule has 0 saturated carbocycles. The molecule has 0 aliphatic heterocycles. The summed E-state index contributed by atoms with van der Waals surface area (Å²) in [4.78, 5) is 10.3. The number of carboxylic acid groups (broad SMARTS) is 1. The van der Waals surface area contributed by atoms with Crippen LogP contribution in [0.15, 0.2) is 5.10 Å². The Balaban J connectivity index is 3.53. The number of nitrogens with one attached hydrogen (secondary N) is 1. The minimum absolute atomic E-state index is 0.230. The summed E-state index contributed by atoms with van der Waals surface area (Å²) in [5, 5.41) is 12.0. The molecular formula is C7H17N5O2. The van der Waals surface area contributed by atoms with E-state index in [1.54, 1.807) is 0 Å². The van der Waals surface area contributed by atoms with Gasteiger partial charge in [-0.05, 0) is 19.3 Å². The molecule has 1 unspecified atom stereocenters. The van der Waals surface area contributed by atoms with Crippen LogP contribution in [0, 0.1) is 0 Å². The molecule has 0 aromatic carbocycles. The van der Waals surface area contributed by atoms with E-state index in [0.717, 1.165) is 0 Å². The zero-order chi connectivity index (χ0) is 11.0. The Morgan fingerprint density at radius 2 is 2.14 bits per heavy atom. The van der Waals surface area contributed by atoms with Crippen molar-refractivity contribution in [1.29, 1.82) is 0 Å². The smallest absolute Gasteiger partial charge is 0.320 e. The molecular weight excluding hydrogens is 186 g/mol. The molecule has 0 heterocycles.